The Morgan fingerprint density at radius 1 is 1.17 bits per heavy atom. The van der Waals surface area contributed by atoms with E-state index in [0.29, 0.717) is 16.4 Å². The topological polar surface area (TPSA) is 80.9 Å². The first-order valence-corrected chi connectivity index (χ1v) is 8.10. The lowest BCUT2D eigenvalue weighted by Crippen LogP contribution is -2.13. The highest BCUT2D eigenvalue weighted by molar-refractivity contribution is 7.21. The minimum Gasteiger partial charge on any atom is -0.397 e. The highest BCUT2D eigenvalue weighted by Crippen LogP contribution is 2.36. The molecule has 0 aliphatic rings. The summed E-state index contributed by atoms with van der Waals surface area (Å²) >= 11 is 1.32. The van der Waals surface area contributed by atoms with Gasteiger partial charge in [-0.1, -0.05) is 6.07 Å². The number of nitrogen functional groups attached to an aromatic ring is 1. The molecule has 5 nitrogen and oxygen atoms in total. The number of pyridine rings is 2. The fourth-order valence-electron chi connectivity index (χ4n) is 2.45. The van der Waals surface area contributed by atoms with Crippen LogP contribution in [0, 0.1) is 27.7 Å². The number of anilines is 2. The van der Waals surface area contributed by atoms with Crippen LogP contribution in [0.4, 0.5) is 11.5 Å². The molecule has 0 bridgehead atoms. The Balaban J connectivity index is 2.02. The molecule has 0 fully saturated rings. The van der Waals surface area contributed by atoms with Crippen molar-refractivity contribution >= 4 is 39.0 Å². The van der Waals surface area contributed by atoms with Crippen LogP contribution in [0.3, 0.4) is 0 Å². The second-order valence-corrected chi connectivity index (χ2v) is 6.65. The third-order valence-corrected chi connectivity index (χ3v) is 5.13. The summed E-state index contributed by atoms with van der Waals surface area (Å²) in [5, 5.41) is 3.66. The molecular formula is C17H18N4OS. The molecule has 3 heterocycles. The Morgan fingerprint density at radius 3 is 2.57 bits per heavy atom. The fraction of sp³-hybridized carbons (Fsp3) is 0.235. The quantitative estimate of drug-likeness (QED) is 0.751. The summed E-state index contributed by atoms with van der Waals surface area (Å²) in [7, 11) is 0. The highest BCUT2D eigenvalue weighted by atomic mass is 32.1. The number of amides is 1. The van der Waals surface area contributed by atoms with Crippen molar-refractivity contribution in [3.05, 3.63) is 45.6 Å². The maximum absolute atomic E-state index is 12.5. The molecule has 0 unspecified atom stereocenters. The molecule has 1 amide bonds. The van der Waals surface area contributed by atoms with Crippen molar-refractivity contribution < 1.29 is 4.79 Å². The van der Waals surface area contributed by atoms with Crippen LogP contribution >= 0.6 is 11.3 Å². The van der Waals surface area contributed by atoms with Crippen molar-refractivity contribution in [1.82, 2.24) is 9.97 Å². The van der Waals surface area contributed by atoms with E-state index in [4.69, 9.17) is 5.73 Å². The summed E-state index contributed by atoms with van der Waals surface area (Å²) in [5.74, 6) is 0.256. The van der Waals surface area contributed by atoms with Crippen LogP contribution in [-0.4, -0.2) is 15.9 Å². The van der Waals surface area contributed by atoms with E-state index in [-0.39, 0.29) is 5.91 Å². The normalized spacial score (nSPS) is 11.0. The van der Waals surface area contributed by atoms with Gasteiger partial charge in [0.15, 0.2) is 0 Å². The minimum absolute atomic E-state index is 0.253. The SMILES string of the molecule is Cc1ccc(NC(=O)c2sc3nc(C)c(C)c(C)c3c2N)nc1. The zero-order chi connectivity index (χ0) is 16.7. The number of aromatic nitrogens is 2. The Hall–Kier alpha value is -2.47. The maximum atomic E-state index is 12.5. The van der Waals surface area contributed by atoms with Gasteiger partial charge in [-0.15, -0.1) is 11.3 Å². The Kier molecular flexibility index (Phi) is 3.77. The number of aryl methyl sites for hydroxylation is 3. The van der Waals surface area contributed by atoms with Crippen LogP contribution in [0.25, 0.3) is 10.2 Å². The molecule has 0 spiro atoms. The van der Waals surface area contributed by atoms with E-state index in [1.54, 1.807) is 12.3 Å². The number of nitrogens with one attached hydrogen (secondary N) is 1. The van der Waals surface area contributed by atoms with Gasteiger partial charge in [0.2, 0.25) is 0 Å². The van der Waals surface area contributed by atoms with Crippen molar-refractivity contribution in [2.24, 2.45) is 0 Å². The van der Waals surface area contributed by atoms with Crippen LogP contribution < -0.4 is 11.1 Å². The largest absolute Gasteiger partial charge is 0.397 e. The van der Waals surface area contributed by atoms with Gasteiger partial charge >= 0.3 is 0 Å². The third-order valence-electron chi connectivity index (χ3n) is 4.04. The van der Waals surface area contributed by atoms with Gasteiger partial charge in [-0.25, -0.2) is 9.97 Å². The predicted molar refractivity (Wildman–Crippen MR) is 95.2 cm³/mol. The van der Waals surface area contributed by atoms with Crippen molar-refractivity contribution in [3.63, 3.8) is 0 Å². The van der Waals surface area contributed by atoms with Gasteiger partial charge in [0.05, 0.1) is 5.69 Å². The van der Waals surface area contributed by atoms with E-state index in [1.807, 2.05) is 33.8 Å². The number of fused-ring (bicyclic) bond motifs is 1. The number of hydrogen-bond acceptors (Lipinski definition) is 5. The molecule has 3 N–H and O–H groups in total. The monoisotopic (exact) mass is 326 g/mol. The van der Waals surface area contributed by atoms with Gasteiger partial charge in [0.25, 0.3) is 5.91 Å². The summed E-state index contributed by atoms with van der Waals surface area (Å²) in [6.07, 6.45) is 1.71. The predicted octanol–water partition coefficient (Wildman–Crippen LogP) is 3.76. The fourth-order valence-corrected chi connectivity index (χ4v) is 3.55. The average molecular weight is 326 g/mol. The molecule has 3 aromatic heterocycles. The van der Waals surface area contributed by atoms with Crippen LogP contribution in [0.2, 0.25) is 0 Å². The average Bonchev–Trinajstić information content (AvgIpc) is 2.84. The third kappa shape index (κ3) is 2.66. The molecule has 0 aliphatic carbocycles. The summed E-state index contributed by atoms with van der Waals surface area (Å²) in [6, 6.07) is 3.67. The van der Waals surface area contributed by atoms with E-state index < -0.39 is 0 Å². The molecule has 0 saturated heterocycles. The van der Waals surface area contributed by atoms with Gasteiger partial charge < -0.3 is 11.1 Å². The van der Waals surface area contributed by atoms with E-state index in [1.165, 1.54) is 11.3 Å². The molecule has 3 aromatic rings. The summed E-state index contributed by atoms with van der Waals surface area (Å²) in [5.41, 5.74) is 10.9. The zero-order valence-corrected chi connectivity index (χ0v) is 14.3. The lowest BCUT2D eigenvalue weighted by atomic mass is 10.1. The molecule has 0 radical (unpaired) electrons. The Bertz CT molecular complexity index is 913. The smallest absolute Gasteiger partial charge is 0.269 e. The first-order chi connectivity index (χ1) is 10.9. The number of nitrogens with two attached hydrogens (primary N) is 1. The van der Waals surface area contributed by atoms with Gasteiger partial charge in [-0.3, -0.25) is 4.79 Å². The van der Waals surface area contributed by atoms with E-state index in [9.17, 15) is 4.79 Å². The van der Waals surface area contributed by atoms with Crippen LogP contribution in [0.1, 0.15) is 32.1 Å². The van der Waals surface area contributed by atoms with Gasteiger partial charge in [-0.05, 0) is 50.5 Å². The number of rotatable bonds is 2. The summed E-state index contributed by atoms with van der Waals surface area (Å²) < 4.78 is 0. The number of carbonyl (C=O) groups excluding carboxylic acids is 1. The molecule has 6 heteroatoms. The van der Waals surface area contributed by atoms with Crippen LogP contribution in [-0.2, 0) is 0 Å². The molecule has 23 heavy (non-hydrogen) atoms. The first kappa shape index (κ1) is 15.4. The number of carbonyl (C=O) groups is 1. The van der Waals surface area contributed by atoms with Crippen LogP contribution in [0.5, 0.6) is 0 Å². The molecule has 0 aliphatic heterocycles. The molecule has 118 valence electrons. The lowest BCUT2D eigenvalue weighted by Gasteiger charge is -2.06. The van der Waals surface area contributed by atoms with Crippen molar-refractivity contribution in [3.8, 4) is 0 Å². The van der Waals surface area contributed by atoms with Crippen molar-refractivity contribution in [1.29, 1.82) is 0 Å². The Labute approximate surface area is 138 Å². The van der Waals surface area contributed by atoms with Gasteiger partial charge in [-0.2, -0.15) is 0 Å². The van der Waals surface area contributed by atoms with E-state index in [0.717, 1.165) is 32.6 Å². The minimum atomic E-state index is -0.253. The number of nitrogens with zero attached hydrogens (tertiary/aromatic N) is 2. The lowest BCUT2D eigenvalue weighted by molar-refractivity contribution is 0.103. The molecular weight excluding hydrogens is 308 g/mol. The van der Waals surface area contributed by atoms with Crippen molar-refractivity contribution in [2.45, 2.75) is 27.7 Å². The molecule has 0 aromatic carbocycles. The number of thiophene rings is 1. The molecule has 0 saturated carbocycles. The highest BCUT2D eigenvalue weighted by Gasteiger charge is 2.20. The van der Waals surface area contributed by atoms with Crippen LogP contribution in [0.15, 0.2) is 18.3 Å². The summed E-state index contributed by atoms with van der Waals surface area (Å²) in [4.78, 5) is 22.5. The molecule has 3 rings (SSSR count). The summed E-state index contributed by atoms with van der Waals surface area (Å²) in [6.45, 7) is 7.94. The Morgan fingerprint density at radius 2 is 1.91 bits per heavy atom. The maximum Gasteiger partial charge on any atom is 0.269 e. The van der Waals surface area contributed by atoms with E-state index in [2.05, 4.69) is 15.3 Å². The second kappa shape index (κ2) is 5.62. The van der Waals surface area contributed by atoms with Crippen molar-refractivity contribution in [2.75, 3.05) is 11.1 Å². The van der Waals surface area contributed by atoms with Gasteiger partial charge in [0, 0.05) is 17.3 Å². The first-order valence-electron chi connectivity index (χ1n) is 7.28. The van der Waals surface area contributed by atoms with E-state index >= 15 is 0 Å². The second-order valence-electron chi connectivity index (χ2n) is 5.65. The van der Waals surface area contributed by atoms with Gasteiger partial charge in [0.1, 0.15) is 15.5 Å². The number of hydrogen-bond donors (Lipinski definition) is 2. The molecule has 0 atom stereocenters. The zero-order valence-electron chi connectivity index (χ0n) is 13.5. The standard InChI is InChI=1S/C17H18N4OS/c1-8-5-6-12(19-7-8)21-16(22)15-14(18)13-10(3)9(2)11(4)20-17(13)23-15/h5-7H,18H2,1-4H3,(H,19,21,22).